The van der Waals surface area contributed by atoms with Gasteiger partial charge in [-0.15, -0.1) is 0 Å². The summed E-state index contributed by atoms with van der Waals surface area (Å²) in [5, 5.41) is 3.65. The minimum Gasteiger partial charge on any atom is -0.385 e. The lowest BCUT2D eigenvalue weighted by Crippen LogP contribution is -2.47. The Morgan fingerprint density at radius 3 is 2.73 bits per heavy atom. The summed E-state index contributed by atoms with van der Waals surface area (Å²) in [4.78, 5) is 12.3. The molecule has 15 heavy (non-hydrogen) atoms. The molecule has 2 nitrogen and oxygen atoms in total. The second kappa shape index (κ2) is 3.66. The smallest absolute Gasteiger partial charge is 0.165 e. The Morgan fingerprint density at radius 1 is 1.00 bits per heavy atom. The molecule has 0 spiro atoms. The van der Waals surface area contributed by atoms with Gasteiger partial charge in [-0.05, 0) is 38.5 Å². The van der Waals surface area contributed by atoms with E-state index < -0.39 is 0 Å². The van der Waals surface area contributed by atoms with E-state index in [1.807, 2.05) is 0 Å². The molecule has 82 valence electrons. The van der Waals surface area contributed by atoms with Gasteiger partial charge < -0.3 is 5.32 Å². The lowest BCUT2D eigenvalue weighted by molar-refractivity contribution is -0.122. The molecule has 1 saturated carbocycles. The summed E-state index contributed by atoms with van der Waals surface area (Å²) in [6.45, 7) is 0. The van der Waals surface area contributed by atoms with Crippen LogP contribution in [0.4, 0.5) is 0 Å². The highest BCUT2D eigenvalue weighted by Gasteiger charge is 2.38. The summed E-state index contributed by atoms with van der Waals surface area (Å²) < 4.78 is 0. The van der Waals surface area contributed by atoms with Gasteiger partial charge in [-0.2, -0.15) is 0 Å². The Hall–Kier alpha value is -0.790. The molecule has 2 heteroatoms. The number of hydrogen-bond donors (Lipinski definition) is 1. The topological polar surface area (TPSA) is 29.1 Å². The van der Waals surface area contributed by atoms with Gasteiger partial charge in [0.15, 0.2) is 5.78 Å². The maximum atomic E-state index is 12.3. The van der Waals surface area contributed by atoms with Gasteiger partial charge in [0.25, 0.3) is 0 Å². The molecule has 2 atom stereocenters. The number of nitrogens with one attached hydrogen (secondary N) is 1. The van der Waals surface area contributed by atoms with Gasteiger partial charge in [0, 0.05) is 23.2 Å². The molecule has 0 aromatic heterocycles. The summed E-state index contributed by atoms with van der Waals surface area (Å²) in [7, 11) is 0. The van der Waals surface area contributed by atoms with Crippen LogP contribution in [0.2, 0.25) is 0 Å². The number of rotatable bonds is 0. The fourth-order valence-electron chi connectivity index (χ4n) is 3.40. The van der Waals surface area contributed by atoms with Crippen LogP contribution in [-0.2, 0) is 4.79 Å². The van der Waals surface area contributed by atoms with Crippen LogP contribution in [0.15, 0.2) is 11.3 Å². The first-order valence-electron chi connectivity index (χ1n) is 6.39. The van der Waals surface area contributed by atoms with Crippen molar-refractivity contribution < 1.29 is 4.79 Å². The molecule has 0 saturated heterocycles. The predicted molar refractivity (Wildman–Crippen MR) is 59.4 cm³/mol. The Kier molecular flexibility index (Phi) is 2.30. The molecule has 0 bridgehead atoms. The third kappa shape index (κ3) is 1.51. The summed E-state index contributed by atoms with van der Waals surface area (Å²) in [5.74, 6) is 0.809. The number of fused-ring (bicyclic) bond motifs is 1. The number of carbonyl (C=O) groups excluding carboxylic acids is 1. The van der Waals surface area contributed by atoms with Crippen LogP contribution in [-0.4, -0.2) is 11.8 Å². The average Bonchev–Trinajstić information content (AvgIpc) is 2.30. The number of ketones is 1. The van der Waals surface area contributed by atoms with Crippen molar-refractivity contribution in [2.75, 3.05) is 0 Å². The van der Waals surface area contributed by atoms with E-state index in [0.29, 0.717) is 17.7 Å². The van der Waals surface area contributed by atoms with Crippen molar-refractivity contribution in [1.29, 1.82) is 0 Å². The van der Waals surface area contributed by atoms with Crippen LogP contribution >= 0.6 is 0 Å². The first-order chi connectivity index (χ1) is 7.36. The Morgan fingerprint density at radius 2 is 1.80 bits per heavy atom. The predicted octanol–water partition coefficient (Wildman–Crippen LogP) is 2.55. The van der Waals surface area contributed by atoms with Crippen LogP contribution in [0.1, 0.15) is 51.4 Å². The number of carbonyl (C=O) groups is 1. The standard InChI is InChI=1S/C13H19NO/c15-13-9-5-1-3-7-11(9)14-12-8-4-2-6-10(12)13/h9,11,14H,1-8H2/t9-,11+/m0/s1. The highest BCUT2D eigenvalue weighted by Crippen LogP contribution is 2.36. The fraction of sp³-hybridized carbons (Fsp3) is 0.769. The van der Waals surface area contributed by atoms with E-state index in [4.69, 9.17) is 0 Å². The van der Waals surface area contributed by atoms with Crippen LogP contribution in [0, 0.1) is 5.92 Å². The first kappa shape index (κ1) is 9.44. The van der Waals surface area contributed by atoms with Gasteiger partial charge in [0.2, 0.25) is 0 Å². The quantitative estimate of drug-likeness (QED) is 0.658. The van der Waals surface area contributed by atoms with Crippen molar-refractivity contribution in [1.82, 2.24) is 5.32 Å². The Bertz CT molecular complexity index is 318. The van der Waals surface area contributed by atoms with Crippen LogP contribution in [0.3, 0.4) is 0 Å². The SMILES string of the molecule is O=C1C2=C(CCCC2)N[C@@H]2CCCC[C@H]12. The zero-order valence-corrected chi connectivity index (χ0v) is 9.22. The van der Waals surface area contributed by atoms with E-state index in [1.165, 1.54) is 37.8 Å². The van der Waals surface area contributed by atoms with E-state index >= 15 is 0 Å². The maximum absolute atomic E-state index is 12.3. The van der Waals surface area contributed by atoms with Gasteiger partial charge in [0.1, 0.15) is 0 Å². The number of hydrogen-bond acceptors (Lipinski definition) is 2. The first-order valence-corrected chi connectivity index (χ1v) is 6.39. The monoisotopic (exact) mass is 205 g/mol. The molecule has 1 aliphatic heterocycles. The van der Waals surface area contributed by atoms with Crippen LogP contribution < -0.4 is 5.32 Å². The number of allylic oxidation sites excluding steroid dienone is 2. The molecule has 1 N–H and O–H groups in total. The molecule has 3 rings (SSSR count). The summed E-state index contributed by atoms with van der Waals surface area (Å²) in [5.41, 5.74) is 2.46. The maximum Gasteiger partial charge on any atom is 0.165 e. The molecule has 0 amide bonds. The van der Waals surface area contributed by atoms with Gasteiger partial charge in [-0.25, -0.2) is 0 Å². The molecule has 1 fully saturated rings. The summed E-state index contributed by atoms with van der Waals surface area (Å²) in [6, 6.07) is 0.475. The minimum absolute atomic E-state index is 0.315. The summed E-state index contributed by atoms with van der Waals surface area (Å²) >= 11 is 0. The zero-order valence-electron chi connectivity index (χ0n) is 9.22. The number of Topliss-reactive ketones (excluding diaryl/α,β-unsaturated/α-hetero) is 1. The van der Waals surface area contributed by atoms with Crippen molar-refractivity contribution in [3.8, 4) is 0 Å². The second-order valence-corrected chi connectivity index (χ2v) is 5.17. The fourth-order valence-corrected chi connectivity index (χ4v) is 3.40. The van der Waals surface area contributed by atoms with Gasteiger partial charge in [-0.1, -0.05) is 12.8 Å². The van der Waals surface area contributed by atoms with Gasteiger partial charge in [-0.3, -0.25) is 4.79 Å². The molecule has 2 aliphatic carbocycles. The van der Waals surface area contributed by atoms with Crippen LogP contribution in [0.25, 0.3) is 0 Å². The average molecular weight is 205 g/mol. The van der Waals surface area contributed by atoms with Crippen molar-refractivity contribution in [2.24, 2.45) is 5.92 Å². The molecule has 0 aromatic carbocycles. The zero-order chi connectivity index (χ0) is 10.3. The molecule has 0 aromatic rings. The highest BCUT2D eigenvalue weighted by molar-refractivity contribution is 5.99. The molecule has 0 unspecified atom stereocenters. The van der Waals surface area contributed by atoms with Gasteiger partial charge in [0.05, 0.1) is 0 Å². The normalized spacial score (nSPS) is 35.6. The van der Waals surface area contributed by atoms with Crippen molar-refractivity contribution in [3.05, 3.63) is 11.3 Å². The van der Waals surface area contributed by atoms with Crippen molar-refractivity contribution in [2.45, 2.75) is 57.4 Å². The molecule has 1 heterocycles. The highest BCUT2D eigenvalue weighted by atomic mass is 16.1. The molecular formula is C13H19NO. The lowest BCUT2D eigenvalue weighted by Gasteiger charge is -2.39. The van der Waals surface area contributed by atoms with E-state index in [-0.39, 0.29) is 0 Å². The van der Waals surface area contributed by atoms with E-state index in [1.54, 1.807) is 0 Å². The van der Waals surface area contributed by atoms with E-state index in [0.717, 1.165) is 24.8 Å². The minimum atomic E-state index is 0.315. The van der Waals surface area contributed by atoms with Crippen molar-refractivity contribution >= 4 is 5.78 Å². The Balaban J connectivity index is 1.91. The third-order valence-corrected chi connectivity index (χ3v) is 4.23. The van der Waals surface area contributed by atoms with Crippen LogP contribution in [0.5, 0.6) is 0 Å². The van der Waals surface area contributed by atoms with Crippen molar-refractivity contribution in [3.63, 3.8) is 0 Å². The summed E-state index contributed by atoms with van der Waals surface area (Å²) in [6.07, 6.45) is 9.48. The Labute approximate surface area is 91.1 Å². The van der Waals surface area contributed by atoms with E-state index in [2.05, 4.69) is 5.32 Å². The molecular weight excluding hydrogens is 186 g/mol. The largest absolute Gasteiger partial charge is 0.385 e. The molecule has 3 aliphatic rings. The second-order valence-electron chi connectivity index (χ2n) is 5.17. The van der Waals surface area contributed by atoms with Gasteiger partial charge >= 0.3 is 0 Å². The lowest BCUT2D eigenvalue weighted by atomic mass is 9.74. The molecule has 0 radical (unpaired) electrons. The van der Waals surface area contributed by atoms with E-state index in [9.17, 15) is 4.79 Å². The third-order valence-electron chi connectivity index (χ3n) is 4.23.